The third kappa shape index (κ3) is 4.24. The molecule has 3 nitrogen and oxygen atoms in total. The zero-order valence-electron chi connectivity index (χ0n) is 16.8. The van der Waals surface area contributed by atoms with E-state index in [1.54, 1.807) is 6.20 Å². The lowest BCUT2D eigenvalue weighted by molar-refractivity contribution is 0.313. The van der Waals surface area contributed by atoms with Crippen LogP contribution in [-0.2, 0) is 5.41 Å². The van der Waals surface area contributed by atoms with Gasteiger partial charge in [-0.1, -0.05) is 63.9 Å². The molecule has 0 radical (unpaired) electrons. The number of rotatable bonds is 5. The van der Waals surface area contributed by atoms with Gasteiger partial charge in [-0.05, 0) is 36.0 Å². The first-order valence-electron chi connectivity index (χ1n) is 9.51. The number of halogens is 1. The van der Waals surface area contributed by atoms with Gasteiger partial charge < -0.3 is 4.74 Å². The number of pyridine rings is 2. The van der Waals surface area contributed by atoms with Crippen LogP contribution in [0.15, 0.2) is 36.5 Å². The third-order valence-electron chi connectivity index (χ3n) is 4.76. The van der Waals surface area contributed by atoms with Crippen molar-refractivity contribution in [2.24, 2.45) is 0 Å². The summed E-state index contributed by atoms with van der Waals surface area (Å²) in [5, 5.41) is 1.21. The fourth-order valence-electron chi connectivity index (χ4n) is 3.10. The second kappa shape index (κ2) is 7.85. The van der Waals surface area contributed by atoms with E-state index in [0.29, 0.717) is 11.8 Å². The number of unbranched alkanes of at least 4 members (excludes halogenated alkanes) is 1. The molecule has 27 heavy (non-hydrogen) atoms. The van der Waals surface area contributed by atoms with Crippen LogP contribution < -0.4 is 4.74 Å². The van der Waals surface area contributed by atoms with Gasteiger partial charge in [-0.25, -0.2) is 9.97 Å². The van der Waals surface area contributed by atoms with Crippen molar-refractivity contribution < 1.29 is 4.74 Å². The minimum absolute atomic E-state index is 0.119. The van der Waals surface area contributed by atoms with Crippen molar-refractivity contribution in [2.75, 3.05) is 6.61 Å². The Labute approximate surface area is 166 Å². The topological polar surface area (TPSA) is 35.0 Å². The molecule has 0 amide bonds. The summed E-state index contributed by atoms with van der Waals surface area (Å²) in [6.45, 7) is 11.6. The Morgan fingerprint density at radius 1 is 1.11 bits per heavy atom. The number of benzene rings is 1. The third-order valence-corrected chi connectivity index (χ3v) is 5.05. The van der Waals surface area contributed by atoms with Crippen LogP contribution >= 0.6 is 11.6 Å². The van der Waals surface area contributed by atoms with Crippen molar-refractivity contribution in [1.82, 2.24) is 9.97 Å². The van der Waals surface area contributed by atoms with Gasteiger partial charge in [0.15, 0.2) is 0 Å². The number of ether oxygens (including phenoxy) is 1. The Kier molecular flexibility index (Phi) is 5.71. The molecule has 0 aliphatic rings. The van der Waals surface area contributed by atoms with E-state index in [9.17, 15) is 0 Å². The number of nitrogens with zero attached hydrogens (tertiary/aromatic N) is 2. The summed E-state index contributed by atoms with van der Waals surface area (Å²) in [5.74, 6) is 0.751. The van der Waals surface area contributed by atoms with Crippen molar-refractivity contribution in [3.05, 3.63) is 52.8 Å². The summed E-state index contributed by atoms with van der Waals surface area (Å²) in [7, 11) is 0. The zero-order valence-corrected chi connectivity index (χ0v) is 17.5. The van der Waals surface area contributed by atoms with Crippen LogP contribution in [0.2, 0.25) is 5.15 Å². The summed E-state index contributed by atoms with van der Waals surface area (Å²) < 4.78 is 6.06. The van der Waals surface area contributed by atoms with Gasteiger partial charge in [0.25, 0.3) is 0 Å². The van der Waals surface area contributed by atoms with Crippen LogP contribution in [0.1, 0.15) is 51.7 Å². The highest BCUT2D eigenvalue weighted by Gasteiger charge is 2.17. The van der Waals surface area contributed by atoms with Crippen molar-refractivity contribution in [1.29, 1.82) is 0 Å². The lowest BCUT2D eigenvalue weighted by Gasteiger charge is -2.21. The quantitative estimate of drug-likeness (QED) is 0.362. The molecule has 0 unspecified atom stereocenters. The smallest absolute Gasteiger partial charge is 0.142 e. The van der Waals surface area contributed by atoms with Gasteiger partial charge in [-0.3, -0.25) is 0 Å². The highest BCUT2D eigenvalue weighted by Crippen LogP contribution is 2.35. The van der Waals surface area contributed by atoms with E-state index < -0.39 is 0 Å². The molecule has 0 N–H and O–H groups in total. The number of fused-ring (bicyclic) bond motifs is 1. The molecule has 4 heteroatoms. The van der Waals surface area contributed by atoms with Crippen molar-refractivity contribution in [3.63, 3.8) is 0 Å². The van der Waals surface area contributed by atoms with Crippen LogP contribution in [0.5, 0.6) is 5.75 Å². The Morgan fingerprint density at radius 3 is 2.56 bits per heavy atom. The van der Waals surface area contributed by atoms with Crippen molar-refractivity contribution >= 4 is 22.5 Å². The van der Waals surface area contributed by atoms with Crippen LogP contribution in [0.3, 0.4) is 0 Å². The first-order valence-corrected chi connectivity index (χ1v) is 9.88. The summed E-state index contributed by atoms with van der Waals surface area (Å²) >= 11 is 6.34. The molecule has 0 atom stereocenters. The average Bonchev–Trinajstić information content (AvgIpc) is 2.61. The van der Waals surface area contributed by atoms with Gasteiger partial charge in [0, 0.05) is 17.8 Å². The summed E-state index contributed by atoms with van der Waals surface area (Å²) in [5.41, 5.74) is 5.45. The van der Waals surface area contributed by atoms with Crippen LogP contribution in [0, 0.1) is 6.92 Å². The number of aryl methyl sites for hydroxylation is 1. The highest BCUT2D eigenvalue weighted by molar-refractivity contribution is 6.34. The van der Waals surface area contributed by atoms with Crippen LogP contribution in [0.25, 0.3) is 22.2 Å². The largest absolute Gasteiger partial charge is 0.493 e. The molecule has 0 saturated carbocycles. The lowest BCUT2D eigenvalue weighted by Crippen LogP contribution is -2.11. The van der Waals surface area contributed by atoms with E-state index in [0.717, 1.165) is 40.8 Å². The first kappa shape index (κ1) is 19.6. The van der Waals surface area contributed by atoms with Gasteiger partial charge in [0.1, 0.15) is 10.9 Å². The van der Waals surface area contributed by atoms with E-state index in [-0.39, 0.29) is 5.41 Å². The van der Waals surface area contributed by atoms with E-state index in [4.69, 9.17) is 21.3 Å². The molecule has 0 aliphatic carbocycles. The molecule has 1 aromatic carbocycles. The SMILES string of the molecule is CCCCOc1cc(-c2ccc(C(C)(C)C)cc2C)nc2ccnc(Cl)c12. The van der Waals surface area contributed by atoms with Crippen molar-refractivity contribution in [2.45, 2.75) is 52.9 Å². The molecule has 142 valence electrons. The second-order valence-corrected chi connectivity index (χ2v) is 8.34. The zero-order chi connectivity index (χ0) is 19.6. The fraction of sp³-hybridized carbons (Fsp3) is 0.391. The highest BCUT2D eigenvalue weighted by atomic mass is 35.5. The maximum Gasteiger partial charge on any atom is 0.142 e. The lowest BCUT2D eigenvalue weighted by atomic mass is 9.85. The molecular formula is C23H27ClN2O. The molecule has 0 bridgehead atoms. The minimum Gasteiger partial charge on any atom is -0.493 e. The maximum absolute atomic E-state index is 6.34. The average molecular weight is 383 g/mol. The summed E-state index contributed by atoms with van der Waals surface area (Å²) in [6.07, 6.45) is 3.76. The molecule has 0 spiro atoms. The second-order valence-electron chi connectivity index (χ2n) is 7.98. The Hall–Kier alpha value is -2.13. The Morgan fingerprint density at radius 2 is 1.89 bits per heavy atom. The predicted octanol–water partition coefficient (Wildman–Crippen LogP) is 6.74. The summed E-state index contributed by atoms with van der Waals surface area (Å²) in [4.78, 5) is 9.04. The fourth-order valence-corrected chi connectivity index (χ4v) is 3.35. The standard InChI is InChI=1S/C23H27ClN2O/c1-6-7-12-27-20-14-19(26-18-10-11-25-22(24)21(18)20)17-9-8-16(13-15(17)2)23(3,4)5/h8-11,13-14H,6-7,12H2,1-5H3. The maximum atomic E-state index is 6.34. The Bertz CT molecular complexity index is 960. The van der Waals surface area contributed by atoms with E-state index in [1.807, 2.05) is 12.1 Å². The molecule has 2 aromatic heterocycles. The number of hydrogen-bond donors (Lipinski definition) is 0. The van der Waals surface area contributed by atoms with Crippen molar-refractivity contribution in [3.8, 4) is 17.0 Å². The molecule has 3 aromatic rings. The molecule has 0 aliphatic heterocycles. The molecule has 3 rings (SSSR count). The molecule has 2 heterocycles. The van der Waals surface area contributed by atoms with E-state index in [1.165, 1.54) is 11.1 Å². The van der Waals surface area contributed by atoms with Gasteiger partial charge >= 0.3 is 0 Å². The van der Waals surface area contributed by atoms with Crippen LogP contribution in [0.4, 0.5) is 0 Å². The van der Waals surface area contributed by atoms with Gasteiger partial charge in [-0.15, -0.1) is 0 Å². The number of aromatic nitrogens is 2. The molecule has 0 fully saturated rings. The van der Waals surface area contributed by atoms with Gasteiger partial charge in [-0.2, -0.15) is 0 Å². The minimum atomic E-state index is 0.119. The molecule has 0 saturated heterocycles. The normalized spacial score (nSPS) is 11.8. The Balaban J connectivity index is 2.12. The van der Waals surface area contributed by atoms with E-state index in [2.05, 4.69) is 57.8 Å². The predicted molar refractivity (Wildman–Crippen MR) is 114 cm³/mol. The monoisotopic (exact) mass is 382 g/mol. The van der Waals surface area contributed by atoms with E-state index >= 15 is 0 Å². The van der Waals surface area contributed by atoms with Gasteiger partial charge in [0.05, 0.1) is 23.2 Å². The first-order chi connectivity index (χ1) is 12.8. The molecular weight excluding hydrogens is 356 g/mol. The van der Waals surface area contributed by atoms with Crippen LogP contribution in [-0.4, -0.2) is 16.6 Å². The summed E-state index contributed by atoms with van der Waals surface area (Å²) in [6, 6.07) is 10.5. The number of hydrogen-bond acceptors (Lipinski definition) is 3. The van der Waals surface area contributed by atoms with Gasteiger partial charge in [0.2, 0.25) is 0 Å².